The Morgan fingerprint density at radius 1 is 1.37 bits per heavy atom. The van der Waals surface area contributed by atoms with Crippen LogP contribution in [-0.4, -0.2) is 23.4 Å². The second kappa shape index (κ2) is 4.33. The first-order chi connectivity index (χ1) is 9.14. The van der Waals surface area contributed by atoms with Gasteiger partial charge in [-0.15, -0.1) is 0 Å². The van der Waals surface area contributed by atoms with Crippen molar-refractivity contribution in [2.24, 2.45) is 0 Å². The third kappa shape index (κ3) is 1.57. The van der Waals surface area contributed by atoms with Crippen LogP contribution in [0.3, 0.4) is 0 Å². The van der Waals surface area contributed by atoms with Gasteiger partial charge in [-0.05, 0) is 37.3 Å². The molecule has 3 heteroatoms. The monoisotopic (exact) mass is 257 g/mol. The third-order valence-corrected chi connectivity index (χ3v) is 4.93. The minimum absolute atomic E-state index is 0.293. The maximum Gasteiger partial charge on any atom is 0.115 e. The number of hydrogen-bond acceptors (Lipinski definition) is 3. The Morgan fingerprint density at radius 2 is 2.16 bits per heavy atom. The molecule has 0 aromatic heterocycles. The fraction of sp³-hybridized carbons (Fsp3) is 0.562. The number of rotatable bonds is 1. The molecular weight excluding hydrogens is 238 g/mol. The molecule has 0 spiro atoms. The predicted molar refractivity (Wildman–Crippen MR) is 71.7 cm³/mol. The first kappa shape index (κ1) is 12.7. The topological polar surface area (TPSA) is 53.2 Å². The molecule has 100 valence electrons. The van der Waals surface area contributed by atoms with Gasteiger partial charge >= 0.3 is 0 Å². The minimum atomic E-state index is -1.07. The van der Waals surface area contributed by atoms with Gasteiger partial charge in [0.2, 0.25) is 0 Å². The molecule has 3 nitrogen and oxygen atoms in total. The molecule has 3 atom stereocenters. The second-order valence-corrected chi connectivity index (χ2v) is 5.72. The molecule has 1 saturated heterocycles. The summed E-state index contributed by atoms with van der Waals surface area (Å²) in [6, 6.07) is 10.5. The fourth-order valence-electron chi connectivity index (χ4n) is 3.79. The van der Waals surface area contributed by atoms with E-state index in [0.717, 1.165) is 18.4 Å². The van der Waals surface area contributed by atoms with Crippen LogP contribution in [0.4, 0.5) is 0 Å². The molecule has 0 radical (unpaired) electrons. The highest BCUT2D eigenvalue weighted by atomic mass is 16.5. The highest BCUT2D eigenvalue weighted by molar-refractivity contribution is 5.45. The van der Waals surface area contributed by atoms with Crippen molar-refractivity contribution in [3.8, 4) is 6.07 Å². The summed E-state index contributed by atoms with van der Waals surface area (Å²) in [5, 5.41) is 21.0. The van der Waals surface area contributed by atoms with E-state index in [4.69, 9.17) is 4.74 Å². The molecule has 0 saturated carbocycles. The van der Waals surface area contributed by atoms with Gasteiger partial charge in [0.05, 0.1) is 12.2 Å². The molecule has 19 heavy (non-hydrogen) atoms. The Balaban J connectivity index is 2.19. The summed E-state index contributed by atoms with van der Waals surface area (Å²) in [7, 11) is 0. The Hall–Kier alpha value is -1.37. The molecule has 0 bridgehead atoms. The van der Waals surface area contributed by atoms with Gasteiger partial charge in [-0.2, -0.15) is 5.26 Å². The second-order valence-electron chi connectivity index (χ2n) is 5.72. The maximum absolute atomic E-state index is 11.1. The van der Waals surface area contributed by atoms with Gasteiger partial charge in [-0.3, -0.25) is 0 Å². The molecule has 1 aromatic carbocycles. The Kier molecular flexibility index (Phi) is 2.88. The van der Waals surface area contributed by atoms with Crippen molar-refractivity contribution in [1.82, 2.24) is 0 Å². The molecule has 1 N–H and O–H groups in total. The Bertz CT molecular complexity index is 536. The number of nitriles is 1. The predicted octanol–water partition coefficient (Wildman–Crippen LogP) is 2.32. The zero-order chi connectivity index (χ0) is 13.5. The van der Waals surface area contributed by atoms with Crippen LogP contribution < -0.4 is 0 Å². The lowest BCUT2D eigenvalue weighted by molar-refractivity contribution is -0.0729. The summed E-state index contributed by atoms with van der Waals surface area (Å²) < 4.78 is 5.56. The number of benzene rings is 1. The van der Waals surface area contributed by atoms with Crippen molar-refractivity contribution in [2.45, 2.75) is 49.7 Å². The molecule has 1 aromatic rings. The van der Waals surface area contributed by atoms with Crippen molar-refractivity contribution in [1.29, 1.82) is 5.26 Å². The van der Waals surface area contributed by atoms with Gasteiger partial charge in [-0.1, -0.05) is 24.3 Å². The van der Waals surface area contributed by atoms with Gasteiger partial charge < -0.3 is 9.84 Å². The summed E-state index contributed by atoms with van der Waals surface area (Å²) in [4.78, 5) is 0. The summed E-state index contributed by atoms with van der Waals surface area (Å²) in [5.74, 6) is 0. The van der Waals surface area contributed by atoms with E-state index in [0.29, 0.717) is 19.4 Å². The van der Waals surface area contributed by atoms with Crippen molar-refractivity contribution < 1.29 is 9.84 Å². The number of ether oxygens (including phenoxy) is 1. The van der Waals surface area contributed by atoms with Crippen LogP contribution in [0, 0.1) is 11.3 Å². The number of aryl methyl sites for hydroxylation is 1. The zero-order valence-electron chi connectivity index (χ0n) is 11.2. The highest BCUT2D eigenvalue weighted by Crippen LogP contribution is 2.50. The fourth-order valence-corrected chi connectivity index (χ4v) is 3.79. The third-order valence-electron chi connectivity index (χ3n) is 4.93. The lowest BCUT2D eigenvalue weighted by atomic mass is 9.59. The van der Waals surface area contributed by atoms with Crippen molar-refractivity contribution >= 4 is 0 Å². The molecule has 0 amide bonds. The van der Waals surface area contributed by atoms with Crippen LogP contribution >= 0.6 is 0 Å². The quantitative estimate of drug-likeness (QED) is 0.840. The number of nitrogens with zero attached hydrogens (tertiary/aromatic N) is 1. The summed E-state index contributed by atoms with van der Waals surface area (Å²) in [6.07, 6.45) is 2.89. The van der Waals surface area contributed by atoms with Crippen LogP contribution in [0.15, 0.2) is 24.3 Å². The molecule has 1 heterocycles. The van der Waals surface area contributed by atoms with E-state index >= 15 is 0 Å². The van der Waals surface area contributed by atoms with Gasteiger partial charge in [0.25, 0.3) is 0 Å². The van der Waals surface area contributed by atoms with Gasteiger partial charge in [0.1, 0.15) is 11.0 Å². The van der Waals surface area contributed by atoms with Crippen molar-refractivity contribution in [2.75, 3.05) is 6.61 Å². The SMILES string of the molecule is CC1OCCC1(O)C1(C#N)CCCc2ccccc21. The average Bonchev–Trinajstić information content (AvgIpc) is 2.79. The Labute approximate surface area is 113 Å². The van der Waals surface area contributed by atoms with E-state index in [2.05, 4.69) is 12.1 Å². The normalized spacial score (nSPS) is 37.6. The van der Waals surface area contributed by atoms with Crippen molar-refractivity contribution in [3.63, 3.8) is 0 Å². The Morgan fingerprint density at radius 3 is 2.84 bits per heavy atom. The van der Waals surface area contributed by atoms with Crippen LogP contribution in [0.1, 0.15) is 37.3 Å². The van der Waals surface area contributed by atoms with E-state index < -0.39 is 11.0 Å². The summed E-state index contributed by atoms with van der Waals surface area (Å²) in [5.41, 5.74) is 0.308. The number of hydrogen-bond donors (Lipinski definition) is 1. The van der Waals surface area contributed by atoms with E-state index in [1.165, 1.54) is 5.56 Å². The highest BCUT2D eigenvalue weighted by Gasteiger charge is 2.59. The molecule has 3 unspecified atom stereocenters. The lowest BCUT2D eigenvalue weighted by Gasteiger charge is -2.45. The summed E-state index contributed by atoms with van der Waals surface area (Å²) in [6.45, 7) is 2.41. The van der Waals surface area contributed by atoms with Crippen LogP contribution in [0.5, 0.6) is 0 Å². The zero-order valence-corrected chi connectivity index (χ0v) is 11.2. The molecule has 1 aliphatic carbocycles. The van der Waals surface area contributed by atoms with E-state index in [1.807, 2.05) is 25.1 Å². The van der Waals surface area contributed by atoms with Crippen LogP contribution in [0.2, 0.25) is 0 Å². The largest absolute Gasteiger partial charge is 0.385 e. The van der Waals surface area contributed by atoms with Gasteiger partial charge in [-0.25, -0.2) is 0 Å². The van der Waals surface area contributed by atoms with Crippen molar-refractivity contribution in [3.05, 3.63) is 35.4 Å². The molecule has 2 aliphatic rings. The number of aliphatic hydroxyl groups is 1. The van der Waals surface area contributed by atoms with E-state index in [9.17, 15) is 10.4 Å². The molecule has 1 fully saturated rings. The van der Waals surface area contributed by atoms with Crippen LogP contribution in [0.25, 0.3) is 0 Å². The standard InChI is InChI=1S/C16H19NO2/c1-12-16(18,9-10-19-12)15(11-17)8-4-6-13-5-2-3-7-14(13)15/h2-3,5,7,12,18H,4,6,8-10H2,1H3. The first-order valence-electron chi connectivity index (χ1n) is 6.98. The molecule has 1 aliphatic heterocycles. The number of fused-ring (bicyclic) bond motifs is 1. The van der Waals surface area contributed by atoms with Gasteiger partial charge in [0.15, 0.2) is 0 Å². The summed E-state index contributed by atoms with van der Waals surface area (Å²) >= 11 is 0. The van der Waals surface area contributed by atoms with E-state index in [-0.39, 0.29) is 6.10 Å². The first-order valence-corrected chi connectivity index (χ1v) is 6.98. The lowest BCUT2D eigenvalue weighted by Crippen LogP contribution is -2.56. The van der Waals surface area contributed by atoms with E-state index in [1.54, 1.807) is 0 Å². The minimum Gasteiger partial charge on any atom is -0.385 e. The van der Waals surface area contributed by atoms with Gasteiger partial charge in [0, 0.05) is 13.0 Å². The maximum atomic E-state index is 11.1. The molecular formula is C16H19NO2. The smallest absolute Gasteiger partial charge is 0.115 e. The molecule has 3 rings (SSSR count). The average molecular weight is 257 g/mol. The van der Waals surface area contributed by atoms with Crippen LogP contribution in [-0.2, 0) is 16.6 Å².